The second-order valence-electron chi connectivity index (χ2n) is 3.70. The monoisotopic (exact) mass is 324 g/mol. The zero-order chi connectivity index (χ0) is 15.5. The van der Waals surface area contributed by atoms with Crippen LogP contribution in [0.15, 0.2) is 0 Å². The van der Waals surface area contributed by atoms with E-state index in [0.29, 0.717) is 17.9 Å². The Hall–Kier alpha value is -0.930. The third-order valence-electron chi connectivity index (χ3n) is 2.21. The predicted octanol–water partition coefficient (Wildman–Crippen LogP) is -0.0641. The number of rotatable bonds is 9. The van der Waals surface area contributed by atoms with Gasteiger partial charge in [0.15, 0.2) is 0 Å². The first kappa shape index (κ1) is 19.1. The lowest BCUT2D eigenvalue weighted by molar-refractivity contribution is -0.144. The van der Waals surface area contributed by atoms with Crippen molar-refractivity contribution in [3.05, 3.63) is 0 Å². The fourth-order valence-corrected chi connectivity index (χ4v) is 3.32. The summed E-state index contributed by atoms with van der Waals surface area (Å²) in [5.74, 6) is -0.527. The highest BCUT2D eigenvalue weighted by molar-refractivity contribution is 8.76. The molecule has 1 amide bonds. The summed E-state index contributed by atoms with van der Waals surface area (Å²) in [7, 11) is 5.19. The standard InChI is InChI=1S/C11H20N2O5S2/c1-4-9(14)13-8(11(16)18-3)6-20-19-5-7(12)10(15)17-2/h7-8H,4-6,12H2,1-3H3,(H,13,14)/t7?,8-/m0/s1. The lowest BCUT2D eigenvalue weighted by Crippen LogP contribution is -2.43. The number of nitrogens with two attached hydrogens (primary N) is 1. The van der Waals surface area contributed by atoms with Crippen LogP contribution in [0.25, 0.3) is 0 Å². The molecular formula is C11H20N2O5S2. The molecule has 7 nitrogen and oxygen atoms in total. The van der Waals surface area contributed by atoms with E-state index >= 15 is 0 Å². The minimum atomic E-state index is -0.709. The van der Waals surface area contributed by atoms with Gasteiger partial charge >= 0.3 is 11.9 Å². The third kappa shape index (κ3) is 7.61. The lowest BCUT2D eigenvalue weighted by atomic mass is 10.3. The smallest absolute Gasteiger partial charge is 0.329 e. The molecule has 0 aromatic carbocycles. The van der Waals surface area contributed by atoms with Crippen LogP contribution in [0.5, 0.6) is 0 Å². The number of methoxy groups -OCH3 is 2. The molecule has 9 heteroatoms. The van der Waals surface area contributed by atoms with Gasteiger partial charge < -0.3 is 20.5 Å². The van der Waals surface area contributed by atoms with Crippen molar-refractivity contribution in [2.75, 3.05) is 25.7 Å². The maximum atomic E-state index is 11.5. The van der Waals surface area contributed by atoms with Crippen LogP contribution in [0, 0.1) is 0 Å². The fraction of sp³-hybridized carbons (Fsp3) is 0.727. The zero-order valence-corrected chi connectivity index (χ0v) is 13.3. The van der Waals surface area contributed by atoms with E-state index in [2.05, 4.69) is 14.8 Å². The van der Waals surface area contributed by atoms with E-state index in [-0.39, 0.29) is 5.91 Å². The molecule has 0 aromatic heterocycles. The minimum absolute atomic E-state index is 0.225. The van der Waals surface area contributed by atoms with Crippen molar-refractivity contribution in [3.63, 3.8) is 0 Å². The van der Waals surface area contributed by atoms with Crippen LogP contribution < -0.4 is 11.1 Å². The van der Waals surface area contributed by atoms with Gasteiger partial charge in [0.1, 0.15) is 12.1 Å². The minimum Gasteiger partial charge on any atom is -0.468 e. The number of carbonyl (C=O) groups is 3. The molecule has 0 aliphatic rings. The van der Waals surface area contributed by atoms with Gasteiger partial charge in [-0.3, -0.25) is 9.59 Å². The van der Waals surface area contributed by atoms with Crippen molar-refractivity contribution in [1.29, 1.82) is 0 Å². The fourth-order valence-electron chi connectivity index (χ4n) is 1.06. The second kappa shape index (κ2) is 10.8. The SMILES string of the molecule is CCC(=O)N[C@@H](CSSCC(N)C(=O)OC)C(=O)OC. The Kier molecular flexibility index (Phi) is 10.3. The van der Waals surface area contributed by atoms with Crippen LogP contribution in [-0.4, -0.2) is 55.7 Å². The molecule has 0 rings (SSSR count). The molecule has 0 saturated heterocycles. The summed E-state index contributed by atoms with van der Waals surface area (Å²) in [6, 6.07) is -1.42. The summed E-state index contributed by atoms with van der Waals surface area (Å²) in [5.41, 5.74) is 5.56. The molecule has 3 N–H and O–H groups in total. The van der Waals surface area contributed by atoms with Crippen molar-refractivity contribution in [2.45, 2.75) is 25.4 Å². The Morgan fingerprint density at radius 2 is 1.65 bits per heavy atom. The van der Waals surface area contributed by atoms with E-state index in [0.717, 1.165) is 0 Å². The maximum Gasteiger partial charge on any atom is 0.329 e. The molecule has 0 aliphatic heterocycles. The Labute approximate surface area is 126 Å². The first-order valence-corrected chi connectivity index (χ1v) is 8.40. The van der Waals surface area contributed by atoms with Gasteiger partial charge in [-0.2, -0.15) is 0 Å². The first-order chi connectivity index (χ1) is 9.46. The number of hydrogen-bond acceptors (Lipinski definition) is 8. The number of esters is 2. The predicted molar refractivity (Wildman–Crippen MR) is 79.1 cm³/mol. The number of ether oxygens (including phenoxy) is 2. The summed E-state index contributed by atoms with van der Waals surface area (Å²) in [5, 5.41) is 2.57. The topological polar surface area (TPSA) is 108 Å². The van der Waals surface area contributed by atoms with Crippen molar-refractivity contribution in [1.82, 2.24) is 5.32 Å². The van der Waals surface area contributed by atoms with Crippen molar-refractivity contribution in [2.24, 2.45) is 5.73 Å². The Balaban J connectivity index is 4.11. The van der Waals surface area contributed by atoms with Gasteiger partial charge in [-0.25, -0.2) is 4.79 Å². The average Bonchev–Trinajstić information content (AvgIpc) is 2.47. The zero-order valence-electron chi connectivity index (χ0n) is 11.7. The van der Waals surface area contributed by atoms with Crippen LogP contribution in [0.2, 0.25) is 0 Å². The molecule has 0 heterocycles. The quantitative estimate of drug-likeness (QED) is 0.345. The van der Waals surface area contributed by atoms with Gasteiger partial charge in [0, 0.05) is 17.9 Å². The highest BCUT2D eigenvalue weighted by Crippen LogP contribution is 2.23. The van der Waals surface area contributed by atoms with Crippen molar-refractivity contribution in [3.8, 4) is 0 Å². The average molecular weight is 324 g/mol. The molecule has 0 aliphatic carbocycles. The summed E-state index contributed by atoms with van der Waals surface area (Å²) >= 11 is 0. The molecule has 0 bridgehead atoms. The van der Waals surface area contributed by atoms with Crippen LogP contribution in [0.1, 0.15) is 13.3 Å². The van der Waals surface area contributed by atoms with E-state index in [9.17, 15) is 14.4 Å². The number of amides is 1. The Morgan fingerprint density at radius 1 is 1.10 bits per heavy atom. The van der Waals surface area contributed by atoms with Gasteiger partial charge in [-0.1, -0.05) is 28.5 Å². The van der Waals surface area contributed by atoms with Crippen LogP contribution in [-0.2, 0) is 23.9 Å². The third-order valence-corrected chi connectivity index (χ3v) is 4.66. The summed E-state index contributed by atoms with van der Waals surface area (Å²) in [4.78, 5) is 33.9. The summed E-state index contributed by atoms with van der Waals surface area (Å²) in [6.07, 6.45) is 0.290. The molecule has 116 valence electrons. The molecule has 20 heavy (non-hydrogen) atoms. The number of hydrogen-bond donors (Lipinski definition) is 2. The van der Waals surface area contributed by atoms with Crippen LogP contribution >= 0.6 is 21.6 Å². The van der Waals surface area contributed by atoms with Crippen LogP contribution in [0.3, 0.4) is 0 Å². The van der Waals surface area contributed by atoms with E-state index in [4.69, 9.17) is 5.73 Å². The normalized spacial score (nSPS) is 13.2. The summed E-state index contributed by atoms with van der Waals surface area (Å²) in [6.45, 7) is 1.70. The largest absolute Gasteiger partial charge is 0.468 e. The lowest BCUT2D eigenvalue weighted by Gasteiger charge is -2.15. The van der Waals surface area contributed by atoms with Crippen molar-refractivity contribution >= 4 is 39.4 Å². The number of carbonyl (C=O) groups excluding carboxylic acids is 3. The van der Waals surface area contributed by atoms with Gasteiger partial charge in [0.25, 0.3) is 0 Å². The highest BCUT2D eigenvalue weighted by atomic mass is 33.1. The molecule has 1 unspecified atom stereocenters. The van der Waals surface area contributed by atoms with E-state index in [1.165, 1.54) is 35.8 Å². The van der Waals surface area contributed by atoms with E-state index in [1.807, 2.05) is 0 Å². The highest BCUT2D eigenvalue weighted by Gasteiger charge is 2.21. The molecule has 0 spiro atoms. The van der Waals surface area contributed by atoms with Gasteiger partial charge in [0.05, 0.1) is 14.2 Å². The molecule has 0 fully saturated rings. The Morgan fingerprint density at radius 3 is 2.15 bits per heavy atom. The second-order valence-corrected chi connectivity index (χ2v) is 6.25. The van der Waals surface area contributed by atoms with Crippen LogP contribution in [0.4, 0.5) is 0 Å². The first-order valence-electron chi connectivity index (χ1n) is 5.91. The van der Waals surface area contributed by atoms with Gasteiger partial charge in [-0.05, 0) is 0 Å². The van der Waals surface area contributed by atoms with E-state index < -0.39 is 24.0 Å². The number of nitrogens with one attached hydrogen (secondary N) is 1. The van der Waals surface area contributed by atoms with Crippen molar-refractivity contribution < 1.29 is 23.9 Å². The van der Waals surface area contributed by atoms with E-state index in [1.54, 1.807) is 6.92 Å². The molecule has 0 aromatic rings. The van der Waals surface area contributed by atoms with Gasteiger partial charge in [0.2, 0.25) is 5.91 Å². The van der Waals surface area contributed by atoms with Gasteiger partial charge in [-0.15, -0.1) is 0 Å². The summed E-state index contributed by atoms with van der Waals surface area (Å²) < 4.78 is 9.11. The Bertz CT molecular complexity index is 341. The molecular weight excluding hydrogens is 304 g/mol. The maximum absolute atomic E-state index is 11.5. The molecule has 0 saturated carbocycles. The molecule has 2 atom stereocenters. The molecule has 0 radical (unpaired) electrons.